The third-order valence-electron chi connectivity index (χ3n) is 2.41. The van der Waals surface area contributed by atoms with Gasteiger partial charge in [-0.2, -0.15) is 0 Å². The number of hydrogen-bond donors (Lipinski definition) is 2. The van der Waals surface area contributed by atoms with Crippen molar-refractivity contribution in [2.24, 2.45) is 0 Å². The van der Waals surface area contributed by atoms with Gasteiger partial charge < -0.3 is 20.2 Å². The molecular formula is C11H15N3O4. The maximum atomic E-state index is 12.0. The minimum absolute atomic E-state index is 0.0699. The van der Waals surface area contributed by atoms with Crippen molar-refractivity contribution in [3.63, 3.8) is 0 Å². The lowest BCUT2D eigenvalue weighted by Crippen LogP contribution is -2.47. The zero-order valence-corrected chi connectivity index (χ0v) is 9.89. The van der Waals surface area contributed by atoms with Gasteiger partial charge in [-0.05, 0) is 6.42 Å². The van der Waals surface area contributed by atoms with Gasteiger partial charge in [0.05, 0.1) is 6.54 Å². The molecule has 0 aromatic carbocycles. The van der Waals surface area contributed by atoms with Gasteiger partial charge in [0.15, 0.2) is 0 Å². The molecule has 0 saturated carbocycles. The molecule has 98 valence electrons. The van der Waals surface area contributed by atoms with Crippen LogP contribution in [0.15, 0.2) is 0 Å². The second kappa shape index (κ2) is 6.49. The van der Waals surface area contributed by atoms with E-state index in [0.717, 1.165) is 4.90 Å². The fourth-order valence-corrected chi connectivity index (χ4v) is 1.63. The van der Waals surface area contributed by atoms with Crippen molar-refractivity contribution in [2.45, 2.75) is 6.42 Å². The van der Waals surface area contributed by atoms with Gasteiger partial charge in [0, 0.05) is 13.1 Å². The van der Waals surface area contributed by atoms with E-state index in [2.05, 4.69) is 11.2 Å². The lowest BCUT2D eigenvalue weighted by atomic mass is 10.4. The Balaban J connectivity index is 2.71. The van der Waals surface area contributed by atoms with Crippen LogP contribution < -0.4 is 5.32 Å². The Bertz CT molecular complexity index is 388. The summed E-state index contributed by atoms with van der Waals surface area (Å²) >= 11 is 0. The smallest absolute Gasteiger partial charge is 0.323 e. The normalized spacial score (nSPS) is 15.3. The fraction of sp³-hybridized carbons (Fsp3) is 0.545. The van der Waals surface area contributed by atoms with E-state index in [1.165, 1.54) is 4.90 Å². The van der Waals surface area contributed by atoms with E-state index in [4.69, 9.17) is 11.5 Å². The van der Waals surface area contributed by atoms with Crippen LogP contribution in [0.4, 0.5) is 4.79 Å². The third-order valence-corrected chi connectivity index (χ3v) is 2.41. The van der Waals surface area contributed by atoms with E-state index in [1.807, 2.05) is 0 Å². The summed E-state index contributed by atoms with van der Waals surface area (Å²) in [5, 5.41) is 11.3. The average Bonchev–Trinajstić information content (AvgIpc) is 2.52. The zero-order valence-electron chi connectivity index (χ0n) is 9.89. The summed E-state index contributed by atoms with van der Waals surface area (Å²) in [6, 6.07) is -0.521. The topological polar surface area (TPSA) is 90.0 Å². The summed E-state index contributed by atoms with van der Waals surface area (Å²) in [4.78, 5) is 36.3. The van der Waals surface area contributed by atoms with Crippen molar-refractivity contribution in [1.82, 2.24) is 15.1 Å². The molecule has 0 bridgehead atoms. The van der Waals surface area contributed by atoms with Crippen LogP contribution >= 0.6 is 0 Å². The van der Waals surface area contributed by atoms with Crippen LogP contribution in [0.1, 0.15) is 6.42 Å². The molecule has 0 atom stereocenters. The van der Waals surface area contributed by atoms with E-state index in [0.29, 0.717) is 19.5 Å². The van der Waals surface area contributed by atoms with Crippen molar-refractivity contribution >= 4 is 17.9 Å². The minimum Gasteiger partial charge on any atom is -0.480 e. The molecule has 18 heavy (non-hydrogen) atoms. The summed E-state index contributed by atoms with van der Waals surface area (Å²) < 4.78 is 0. The highest BCUT2D eigenvalue weighted by Gasteiger charge is 2.25. The molecule has 1 heterocycles. The highest BCUT2D eigenvalue weighted by atomic mass is 16.4. The molecule has 0 radical (unpaired) electrons. The number of terminal acetylenes is 1. The first-order chi connectivity index (χ1) is 8.54. The van der Waals surface area contributed by atoms with Crippen LogP contribution in [-0.2, 0) is 9.59 Å². The fourth-order valence-electron chi connectivity index (χ4n) is 1.63. The van der Waals surface area contributed by atoms with Crippen molar-refractivity contribution in [3.8, 4) is 12.3 Å². The zero-order chi connectivity index (χ0) is 13.5. The highest BCUT2D eigenvalue weighted by molar-refractivity contribution is 5.86. The average molecular weight is 253 g/mol. The van der Waals surface area contributed by atoms with E-state index >= 15 is 0 Å². The van der Waals surface area contributed by atoms with Crippen LogP contribution in [0, 0.1) is 12.3 Å². The van der Waals surface area contributed by atoms with Gasteiger partial charge in [-0.25, -0.2) is 4.79 Å². The molecular weight excluding hydrogens is 238 g/mol. The number of carboxylic acid groups (broad SMARTS) is 1. The maximum Gasteiger partial charge on any atom is 0.323 e. The molecule has 1 fully saturated rings. The van der Waals surface area contributed by atoms with Crippen LogP contribution in [0.25, 0.3) is 0 Å². The SMILES string of the molecule is C#CCN(CC(=O)O)C(=O)N1CCCNC(=O)C1. The van der Waals surface area contributed by atoms with Gasteiger partial charge in [0.1, 0.15) is 13.1 Å². The summed E-state index contributed by atoms with van der Waals surface area (Å²) in [6.45, 7) is 0.277. The lowest BCUT2D eigenvalue weighted by Gasteiger charge is -2.26. The number of carbonyl (C=O) groups is 3. The number of amides is 3. The number of carbonyl (C=O) groups excluding carboxylic acids is 2. The van der Waals surface area contributed by atoms with E-state index in [-0.39, 0.29) is 19.0 Å². The van der Waals surface area contributed by atoms with Gasteiger partial charge in [0.2, 0.25) is 5.91 Å². The second-order valence-electron chi connectivity index (χ2n) is 3.86. The Labute approximate surface area is 105 Å². The summed E-state index contributed by atoms with van der Waals surface area (Å²) in [5.74, 6) is 0.841. The number of hydrogen-bond acceptors (Lipinski definition) is 3. The standard InChI is InChI=1S/C11H15N3O4/c1-2-5-13(8-10(16)17)11(18)14-6-3-4-12-9(15)7-14/h1H,3-8H2,(H,12,15)(H,16,17). The number of urea groups is 1. The Hall–Kier alpha value is -2.23. The number of nitrogens with one attached hydrogen (secondary N) is 1. The monoisotopic (exact) mass is 253 g/mol. The van der Waals surface area contributed by atoms with Gasteiger partial charge in [-0.3, -0.25) is 9.59 Å². The summed E-state index contributed by atoms with van der Waals surface area (Å²) in [6.07, 6.45) is 5.73. The Kier molecular flexibility index (Phi) is 4.99. The van der Waals surface area contributed by atoms with Crippen molar-refractivity contribution in [2.75, 3.05) is 32.7 Å². The van der Waals surface area contributed by atoms with E-state index in [9.17, 15) is 14.4 Å². The Morgan fingerprint density at radius 3 is 2.89 bits per heavy atom. The lowest BCUT2D eigenvalue weighted by molar-refractivity contribution is -0.137. The molecule has 0 aliphatic carbocycles. The quantitative estimate of drug-likeness (QED) is 0.628. The van der Waals surface area contributed by atoms with Gasteiger partial charge in [0.25, 0.3) is 0 Å². The first kappa shape index (κ1) is 13.8. The molecule has 1 aliphatic rings. The molecule has 0 unspecified atom stereocenters. The predicted molar refractivity (Wildman–Crippen MR) is 62.6 cm³/mol. The number of carboxylic acids is 1. The van der Waals surface area contributed by atoms with E-state index in [1.54, 1.807) is 0 Å². The molecule has 0 aromatic heterocycles. The molecule has 7 heteroatoms. The Morgan fingerprint density at radius 2 is 2.28 bits per heavy atom. The van der Waals surface area contributed by atoms with Crippen LogP contribution in [-0.4, -0.2) is 65.5 Å². The predicted octanol–water partition coefficient (Wildman–Crippen LogP) is -1.05. The van der Waals surface area contributed by atoms with E-state index < -0.39 is 18.5 Å². The number of nitrogens with zero attached hydrogens (tertiary/aromatic N) is 2. The van der Waals surface area contributed by atoms with Gasteiger partial charge >= 0.3 is 12.0 Å². The first-order valence-corrected chi connectivity index (χ1v) is 5.50. The molecule has 7 nitrogen and oxygen atoms in total. The molecule has 2 N–H and O–H groups in total. The summed E-state index contributed by atoms with van der Waals surface area (Å²) in [7, 11) is 0. The number of aliphatic carboxylic acids is 1. The molecule has 1 rings (SSSR count). The highest BCUT2D eigenvalue weighted by Crippen LogP contribution is 2.03. The van der Waals surface area contributed by atoms with Crippen molar-refractivity contribution < 1.29 is 19.5 Å². The minimum atomic E-state index is -1.14. The first-order valence-electron chi connectivity index (χ1n) is 5.50. The largest absolute Gasteiger partial charge is 0.480 e. The second-order valence-corrected chi connectivity index (χ2v) is 3.86. The molecule has 0 spiro atoms. The summed E-state index contributed by atoms with van der Waals surface area (Å²) in [5.41, 5.74) is 0. The van der Waals surface area contributed by atoms with Crippen molar-refractivity contribution in [3.05, 3.63) is 0 Å². The molecule has 0 aromatic rings. The van der Waals surface area contributed by atoms with Crippen LogP contribution in [0.2, 0.25) is 0 Å². The maximum absolute atomic E-state index is 12.0. The molecule has 3 amide bonds. The van der Waals surface area contributed by atoms with Crippen molar-refractivity contribution in [1.29, 1.82) is 0 Å². The molecule has 1 saturated heterocycles. The van der Waals surface area contributed by atoms with Gasteiger partial charge in [-0.15, -0.1) is 6.42 Å². The Morgan fingerprint density at radius 1 is 1.56 bits per heavy atom. The molecule has 1 aliphatic heterocycles. The van der Waals surface area contributed by atoms with Gasteiger partial charge in [-0.1, -0.05) is 5.92 Å². The third kappa shape index (κ3) is 3.97. The van der Waals surface area contributed by atoms with Crippen LogP contribution in [0.5, 0.6) is 0 Å². The van der Waals surface area contributed by atoms with Crippen LogP contribution in [0.3, 0.4) is 0 Å². The number of rotatable bonds is 3.